The molecule has 0 aliphatic carbocycles. The zero-order chi connectivity index (χ0) is 26.5. The molecule has 1 unspecified atom stereocenters. The fourth-order valence-corrected chi connectivity index (χ4v) is 7.06. The van der Waals surface area contributed by atoms with E-state index in [0.29, 0.717) is 32.4 Å². The number of likely N-dealkylation sites (tertiary alicyclic amines) is 1. The van der Waals surface area contributed by atoms with Crippen molar-refractivity contribution in [1.29, 1.82) is 0 Å². The molecule has 4 rings (SSSR count). The third-order valence-electron chi connectivity index (χ3n) is 8.02. The van der Waals surface area contributed by atoms with Crippen molar-refractivity contribution >= 4 is 17.8 Å². The van der Waals surface area contributed by atoms with Gasteiger partial charge in [-0.2, -0.15) is 0 Å². The molecular weight excluding hydrogens is 460 g/mol. The normalized spacial score (nSPS) is 34.6. The van der Waals surface area contributed by atoms with Gasteiger partial charge in [0.1, 0.15) is 17.6 Å². The van der Waals surface area contributed by atoms with Crippen molar-refractivity contribution in [3.05, 3.63) is 24.3 Å². The van der Waals surface area contributed by atoms with E-state index in [2.05, 4.69) is 34.6 Å². The highest BCUT2D eigenvalue weighted by Gasteiger charge is 2.74. The van der Waals surface area contributed by atoms with Gasteiger partial charge in [-0.25, -0.2) is 0 Å². The maximum Gasteiger partial charge on any atom is 0.313 e. The highest BCUT2D eigenvalue weighted by Crippen LogP contribution is 2.57. The molecule has 4 aliphatic heterocycles. The van der Waals surface area contributed by atoms with Crippen LogP contribution in [0.5, 0.6) is 0 Å². The Balaban J connectivity index is 1.82. The number of esters is 1. The van der Waals surface area contributed by atoms with Crippen molar-refractivity contribution in [2.45, 2.75) is 90.0 Å². The zero-order valence-corrected chi connectivity index (χ0v) is 22.6. The summed E-state index contributed by atoms with van der Waals surface area (Å²) in [5, 5.41) is 9.35. The first-order valence-corrected chi connectivity index (χ1v) is 13.2. The average molecular weight is 503 g/mol. The fraction of sp³-hybridized carbons (Fsp3) is 0.750. The molecule has 0 aromatic heterocycles. The van der Waals surface area contributed by atoms with Crippen LogP contribution in [0.3, 0.4) is 0 Å². The summed E-state index contributed by atoms with van der Waals surface area (Å²) < 4.78 is 12.3. The van der Waals surface area contributed by atoms with Gasteiger partial charge in [0.25, 0.3) is 0 Å². The van der Waals surface area contributed by atoms with Gasteiger partial charge in [-0.3, -0.25) is 14.4 Å². The lowest BCUT2D eigenvalue weighted by molar-refractivity contribution is -0.161. The lowest BCUT2D eigenvalue weighted by atomic mass is 9.74. The molecule has 2 fully saturated rings. The van der Waals surface area contributed by atoms with Gasteiger partial charge in [-0.15, -0.1) is 0 Å². The molecule has 36 heavy (non-hydrogen) atoms. The molecule has 0 aromatic carbocycles. The molecule has 4 heterocycles. The third kappa shape index (κ3) is 4.40. The van der Waals surface area contributed by atoms with E-state index < -0.39 is 40.6 Å². The minimum absolute atomic E-state index is 0.00811. The highest BCUT2D eigenvalue weighted by atomic mass is 16.6. The van der Waals surface area contributed by atoms with E-state index in [9.17, 15) is 19.5 Å². The van der Waals surface area contributed by atoms with Crippen LogP contribution < -0.4 is 0 Å². The van der Waals surface area contributed by atoms with Gasteiger partial charge in [-0.1, -0.05) is 45.1 Å². The first-order chi connectivity index (χ1) is 16.8. The number of rotatable bonds is 6. The smallest absolute Gasteiger partial charge is 0.313 e. The lowest BCUT2D eigenvalue weighted by Gasteiger charge is -2.45. The van der Waals surface area contributed by atoms with Crippen molar-refractivity contribution in [3.8, 4) is 0 Å². The summed E-state index contributed by atoms with van der Waals surface area (Å²) in [6, 6.07) is -0.891. The van der Waals surface area contributed by atoms with Gasteiger partial charge in [0.2, 0.25) is 11.8 Å². The van der Waals surface area contributed by atoms with E-state index in [1.807, 2.05) is 36.1 Å². The summed E-state index contributed by atoms with van der Waals surface area (Å²) in [6.07, 6.45) is 10.0. The molecule has 2 saturated heterocycles. The van der Waals surface area contributed by atoms with E-state index in [-0.39, 0.29) is 30.4 Å². The monoisotopic (exact) mass is 502 g/mol. The van der Waals surface area contributed by atoms with Crippen LogP contribution in [0.25, 0.3) is 0 Å². The standard InChI is InChI=1S/C28H42N2O6/c1-25(2,3)18-26(4,5)30-15-11-13-28-19(20-24(34)35-17-10-7-12-27(20,6)36-28)22(32)29(14-8-9-16-31)21(28)23(30)33/h7,11-13,19-21,31H,8-10,14-18H2,1-6H3/t19-,20-,21?,27+,28-/m0/s1. The van der Waals surface area contributed by atoms with Crippen LogP contribution in [0.2, 0.25) is 0 Å². The number of amides is 2. The van der Waals surface area contributed by atoms with E-state index >= 15 is 0 Å². The quantitative estimate of drug-likeness (QED) is 0.341. The molecule has 200 valence electrons. The number of ether oxygens (including phenoxy) is 2. The molecule has 5 atom stereocenters. The predicted molar refractivity (Wildman–Crippen MR) is 135 cm³/mol. The molecular formula is C28H42N2O6. The predicted octanol–water partition coefficient (Wildman–Crippen LogP) is 2.85. The van der Waals surface area contributed by atoms with Gasteiger partial charge in [0.15, 0.2) is 0 Å². The third-order valence-corrected chi connectivity index (χ3v) is 8.02. The molecule has 4 aliphatic rings. The first kappa shape index (κ1) is 26.9. The minimum atomic E-state index is -1.27. The number of cyclic esters (lactones) is 1. The van der Waals surface area contributed by atoms with Gasteiger partial charge >= 0.3 is 5.97 Å². The van der Waals surface area contributed by atoms with E-state index in [1.165, 1.54) is 0 Å². The van der Waals surface area contributed by atoms with E-state index in [4.69, 9.17) is 9.47 Å². The van der Waals surface area contributed by atoms with E-state index in [0.717, 1.165) is 6.42 Å². The van der Waals surface area contributed by atoms with Crippen molar-refractivity contribution in [2.75, 3.05) is 26.3 Å². The number of aliphatic hydroxyl groups excluding tert-OH is 1. The second-order valence-electron chi connectivity index (χ2n) is 12.7. The van der Waals surface area contributed by atoms with Gasteiger partial charge in [0, 0.05) is 25.2 Å². The van der Waals surface area contributed by atoms with Crippen molar-refractivity contribution in [2.24, 2.45) is 17.3 Å². The molecule has 1 N–H and O–H groups in total. The second kappa shape index (κ2) is 9.28. The molecule has 0 aromatic rings. The molecule has 2 amide bonds. The van der Waals surface area contributed by atoms with Crippen LogP contribution >= 0.6 is 0 Å². The number of fused-ring (bicyclic) bond motifs is 2. The number of unbranched alkanes of at least 4 members (excludes halogenated alkanes) is 1. The van der Waals surface area contributed by atoms with Gasteiger partial charge in [-0.05, 0) is 51.9 Å². The summed E-state index contributed by atoms with van der Waals surface area (Å²) in [4.78, 5) is 45.3. The maximum atomic E-state index is 14.4. The Hall–Kier alpha value is -2.19. The van der Waals surface area contributed by atoms with Crippen LogP contribution in [-0.2, 0) is 23.9 Å². The van der Waals surface area contributed by atoms with Crippen LogP contribution in [0.4, 0.5) is 0 Å². The molecule has 0 bridgehead atoms. The number of carbonyl (C=O) groups excluding carboxylic acids is 3. The van der Waals surface area contributed by atoms with Crippen molar-refractivity contribution in [3.63, 3.8) is 0 Å². The summed E-state index contributed by atoms with van der Waals surface area (Å²) in [7, 11) is 0. The van der Waals surface area contributed by atoms with Crippen LogP contribution in [0, 0.1) is 17.3 Å². The molecule has 0 saturated carbocycles. The Kier molecular flexibility index (Phi) is 6.92. The summed E-state index contributed by atoms with van der Waals surface area (Å²) in [6.45, 7) is 13.4. The Morgan fingerprint density at radius 2 is 1.75 bits per heavy atom. The van der Waals surface area contributed by atoms with Crippen LogP contribution in [0.15, 0.2) is 24.3 Å². The highest BCUT2D eigenvalue weighted by molar-refractivity contribution is 5.99. The van der Waals surface area contributed by atoms with Crippen LogP contribution in [-0.4, -0.2) is 81.8 Å². The minimum Gasteiger partial charge on any atom is -0.465 e. The maximum absolute atomic E-state index is 14.4. The fourth-order valence-electron chi connectivity index (χ4n) is 7.06. The second-order valence-corrected chi connectivity index (χ2v) is 12.7. The SMILES string of the molecule is CC(C)(C)CC(C)(C)N1CC=C[C@]23O[C@]4(C)C=CCCOC(=O)[C@@H]4[C@H]2C(=O)N(CCCCO)C3C1=O. The van der Waals surface area contributed by atoms with Crippen molar-refractivity contribution in [1.82, 2.24) is 9.80 Å². The molecule has 8 nitrogen and oxygen atoms in total. The Morgan fingerprint density at radius 3 is 2.42 bits per heavy atom. The van der Waals surface area contributed by atoms with Gasteiger partial charge in [0.05, 0.1) is 18.1 Å². The zero-order valence-electron chi connectivity index (χ0n) is 22.6. The van der Waals surface area contributed by atoms with E-state index in [1.54, 1.807) is 4.90 Å². The van der Waals surface area contributed by atoms with Gasteiger partial charge < -0.3 is 24.4 Å². The lowest BCUT2D eigenvalue weighted by Crippen LogP contribution is -2.60. The number of hydrogen-bond donors (Lipinski definition) is 1. The Bertz CT molecular complexity index is 966. The average Bonchev–Trinajstić information content (AvgIpc) is 3.05. The Morgan fingerprint density at radius 1 is 1.03 bits per heavy atom. The summed E-state index contributed by atoms with van der Waals surface area (Å²) in [5.41, 5.74) is -2.81. The molecule has 1 spiro atoms. The first-order valence-electron chi connectivity index (χ1n) is 13.2. The summed E-state index contributed by atoms with van der Waals surface area (Å²) >= 11 is 0. The Labute approximate surface area is 214 Å². The number of hydrogen-bond acceptors (Lipinski definition) is 6. The van der Waals surface area contributed by atoms with Crippen LogP contribution in [0.1, 0.15) is 67.2 Å². The largest absolute Gasteiger partial charge is 0.465 e. The number of nitrogens with zero attached hydrogens (tertiary/aromatic N) is 2. The number of aliphatic hydroxyl groups is 1. The topological polar surface area (TPSA) is 96.4 Å². The summed E-state index contributed by atoms with van der Waals surface area (Å²) in [5.74, 6) is -2.58. The molecule has 0 radical (unpaired) electrons. The molecule has 8 heteroatoms. The number of carbonyl (C=O) groups is 3. The van der Waals surface area contributed by atoms with Crippen molar-refractivity contribution < 1.29 is 29.0 Å².